The van der Waals surface area contributed by atoms with Crippen molar-refractivity contribution in [1.82, 2.24) is 4.90 Å². The molecule has 1 atom stereocenters. The van der Waals surface area contributed by atoms with Crippen molar-refractivity contribution < 1.29 is 4.79 Å². The number of carbonyl (C=O) groups is 1. The topological polar surface area (TPSA) is 58.4 Å². The lowest BCUT2D eigenvalue weighted by Gasteiger charge is -2.34. The molecular formula is C16H27N3O. The number of hydrogen-bond acceptors (Lipinski definition) is 3. The van der Waals surface area contributed by atoms with E-state index in [9.17, 15) is 4.79 Å². The molecule has 1 unspecified atom stereocenters. The summed E-state index contributed by atoms with van der Waals surface area (Å²) >= 11 is 0. The molecular weight excluding hydrogens is 250 g/mol. The van der Waals surface area contributed by atoms with E-state index in [1.807, 2.05) is 37.3 Å². The molecule has 0 aliphatic heterocycles. The minimum absolute atomic E-state index is 0.0246. The third-order valence-electron chi connectivity index (χ3n) is 3.72. The Labute approximate surface area is 122 Å². The van der Waals surface area contributed by atoms with Gasteiger partial charge in [0.25, 0.3) is 0 Å². The van der Waals surface area contributed by atoms with E-state index in [0.29, 0.717) is 12.6 Å². The predicted octanol–water partition coefficient (Wildman–Crippen LogP) is 2.46. The van der Waals surface area contributed by atoms with E-state index in [0.717, 1.165) is 25.1 Å². The van der Waals surface area contributed by atoms with Crippen molar-refractivity contribution in [1.29, 1.82) is 0 Å². The van der Waals surface area contributed by atoms with E-state index >= 15 is 0 Å². The highest BCUT2D eigenvalue weighted by molar-refractivity contribution is 5.94. The number of carbonyl (C=O) groups excluding carboxylic acids is 1. The summed E-state index contributed by atoms with van der Waals surface area (Å²) < 4.78 is 0. The fraction of sp³-hybridized carbons (Fsp3) is 0.562. The zero-order valence-corrected chi connectivity index (χ0v) is 12.8. The standard InChI is InChI=1S/C16H27N3O/c1-4-15(5-2)19(12-11-17)13(3)16(20)18-14-9-7-6-8-10-14/h6-10,13,15H,4-5,11-12,17H2,1-3H3,(H,18,20). The van der Waals surface area contributed by atoms with Crippen molar-refractivity contribution in [3.05, 3.63) is 30.3 Å². The Morgan fingerprint density at radius 3 is 2.35 bits per heavy atom. The van der Waals surface area contributed by atoms with Gasteiger partial charge >= 0.3 is 0 Å². The Balaban J connectivity index is 2.73. The number of benzene rings is 1. The fourth-order valence-electron chi connectivity index (χ4n) is 2.52. The predicted molar refractivity (Wildman–Crippen MR) is 84.7 cm³/mol. The van der Waals surface area contributed by atoms with Crippen LogP contribution in [0.4, 0.5) is 5.69 Å². The van der Waals surface area contributed by atoms with Gasteiger partial charge in [0.2, 0.25) is 5.91 Å². The average Bonchev–Trinajstić information content (AvgIpc) is 2.47. The number of amides is 1. The highest BCUT2D eigenvalue weighted by atomic mass is 16.2. The maximum absolute atomic E-state index is 12.4. The van der Waals surface area contributed by atoms with E-state index in [1.54, 1.807) is 0 Å². The summed E-state index contributed by atoms with van der Waals surface area (Å²) in [5.74, 6) is 0.0246. The summed E-state index contributed by atoms with van der Waals surface area (Å²) in [6.45, 7) is 7.57. The monoisotopic (exact) mass is 277 g/mol. The number of nitrogens with one attached hydrogen (secondary N) is 1. The van der Waals surface area contributed by atoms with Crippen LogP contribution < -0.4 is 11.1 Å². The second-order valence-corrected chi connectivity index (χ2v) is 5.03. The lowest BCUT2D eigenvalue weighted by Crippen LogP contribution is -2.49. The quantitative estimate of drug-likeness (QED) is 0.767. The van der Waals surface area contributed by atoms with Gasteiger partial charge in [0.15, 0.2) is 0 Å². The zero-order valence-electron chi connectivity index (χ0n) is 12.8. The van der Waals surface area contributed by atoms with E-state index in [2.05, 4.69) is 24.1 Å². The molecule has 0 bridgehead atoms. The molecule has 4 heteroatoms. The van der Waals surface area contributed by atoms with Crippen LogP contribution in [0, 0.1) is 0 Å². The van der Waals surface area contributed by atoms with Crippen molar-refractivity contribution in [2.24, 2.45) is 5.73 Å². The summed E-state index contributed by atoms with van der Waals surface area (Å²) in [6, 6.07) is 9.78. The second kappa shape index (κ2) is 8.72. The van der Waals surface area contributed by atoms with Crippen LogP contribution in [0.3, 0.4) is 0 Å². The molecule has 112 valence electrons. The average molecular weight is 277 g/mol. The highest BCUT2D eigenvalue weighted by Gasteiger charge is 2.25. The van der Waals surface area contributed by atoms with E-state index < -0.39 is 0 Å². The minimum Gasteiger partial charge on any atom is -0.329 e. The van der Waals surface area contributed by atoms with Gasteiger partial charge in [-0.05, 0) is 31.9 Å². The molecule has 1 rings (SSSR count). The van der Waals surface area contributed by atoms with Gasteiger partial charge in [-0.1, -0.05) is 32.0 Å². The van der Waals surface area contributed by atoms with Crippen molar-refractivity contribution >= 4 is 11.6 Å². The van der Waals surface area contributed by atoms with Crippen LogP contribution in [0.25, 0.3) is 0 Å². The summed E-state index contributed by atoms with van der Waals surface area (Å²) in [7, 11) is 0. The molecule has 0 aliphatic carbocycles. The number of rotatable bonds is 8. The van der Waals surface area contributed by atoms with Crippen molar-refractivity contribution in [2.75, 3.05) is 18.4 Å². The first-order valence-electron chi connectivity index (χ1n) is 7.45. The Hall–Kier alpha value is -1.39. The molecule has 0 aliphatic rings. The van der Waals surface area contributed by atoms with Crippen LogP contribution in [0.2, 0.25) is 0 Å². The molecule has 4 nitrogen and oxygen atoms in total. The largest absolute Gasteiger partial charge is 0.329 e. The normalized spacial score (nSPS) is 12.7. The van der Waals surface area contributed by atoms with Crippen LogP contribution in [-0.2, 0) is 4.79 Å². The number of para-hydroxylation sites is 1. The van der Waals surface area contributed by atoms with Gasteiger partial charge < -0.3 is 11.1 Å². The zero-order chi connectivity index (χ0) is 15.0. The first-order valence-corrected chi connectivity index (χ1v) is 7.45. The van der Waals surface area contributed by atoms with Crippen molar-refractivity contribution in [3.63, 3.8) is 0 Å². The van der Waals surface area contributed by atoms with Crippen LogP contribution in [0.15, 0.2) is 30.3 Å². The van der Waals surface area contributed by atoms with Gasteiger partial charge in [-0.15, -0.1) is 0 Å². The molecule has 20 heavy (non-hydrogen) atoms. The lowest BCUT2D eigenvalue weighted by molar-refractivity contribution is -0.121. The van der Waals surface area contributed by atoms with Gasteiger partial charge in [-0.3, -0.25) is 9.69 Å². The Bertz CT molecular complexity index is 390. The van der Waals surface area contributed by atoms with E-state index in [4.69, 9.17) is 5.73 Å². The van der Waals surface area contributed by atoms with Gasteiger partial charge in [-0.25, -0.2) is 0 Å². The molecule has 1 amide bonds. The summed E-state index contributed by atoms with van der Waals surface area (Å²) in [6.07, 6.45) is 2.05. The number of hydrogen-bond donors (Lipinski definition) is 2. The second-order valence-electron chi connectivity index (χ2n) is 5.03. The lowest BCUT2D eigenvalue weighted by atomic mass is 10.1. The van der Waals surface area contributed by atoms with E-state index in [1.165, 1.54) is 0 Å². The van der Waals surface area contributed by atoms with Gasteiger partial charge in [0.1, 0.15) is 0 Å². The summed E-state index contributed by atoms with van der Waals surface area (Å²) in [5.41, 5.74) is 6.53. The summed E-state index contributed by atoms with van der Waals surface area (Å²) in [5, 5.41) is 2.96. The number of anilines is 1. The first-order chi connectivity index (χ1) is 9.63. The Morgan fingerprint density at radius 1 is 1.25 bits per heavy atom. The Kier molecular flexibility index (Phi) is 7.26. The molecule has 0 saturated carbocycles. The Morgan fingerprint density at radius 2 is 1.85 bits per heavy atom. The maximum Gasteiger partial charge on any atom is 0.241 e. The van der Waals surface area contributed by atoms with Crippen LogP contribution in [-0.4, -0.2) is 36.0 Å². The molecule has 0 aromatic heterocycles. The first kappa shape index (κ1) is 16.7. The molecule has 1 aromatic carbocycles. The molecule has 1 aromatic rings. The smallest absolute Gasteiger partial charge is 0.241 e. The third-order valence-corrected chi connectivity index (χ3v) is 3.72. The fourth-order valence-corrected chi connectivity index (χ4v) is 2.52. The molecule has 0 radical (unpaired) electrons. The summed E-state index contributed by atoms with van der Waals surface area (Å²) in [4.78, 5) is 14.6. The minimum atomic E-state index is -0.177. The molecule has 0 spiro atoms. The number of nitrogens with zero attached hydrogens (tertiary/aromatic N) is 1. The van der Waals surface area contributed by atoms with Crippen molar-refractivity contribution in [3.8, 4) is 0 Å². The van der Waals surface area contributed by atoms with E-state index in [-0.39, 0.29) is 11.9 Å². The number of nitrogens with two attached hydrogens (primary N) is 1. The SMILES string of the molecule is CCC(CC)N(CCN)C(C)C(=O)Nc1ccccc1. The molecule has 0 heterocycles. The van der Waals surface area contributed by atoms with Crippen LogP contribution in [0.1, 0.15) is 33.6 Å². The van der Waals surface area contributed by atoms with Crippen molar-refractivity contribution in [2.45, 2.75) is 45.7 Å². The maximum atomic E-state index is 12.4. The highest BCUT2D eigenvalue weighted by Crippen LogP contribution is 2.14. The van der Waals surface area contributed by atoms with Gasteiger partial charge in [0.05, 0.1) is 6.04 Å². The van der Waals surface area contributed by atoms with Crippen LogP contribution in [0.5, 0.6) is 0 Å². The van der Waals surface area contributed by atoms with Gasteiger partial charge in [-0.2, -0.15) is 0 Å². The molecule has 3 N–H and O–H groups in total. The third kappa shape index (κ3) is 4.62. The van der Waals surface area contributed by atoms with Crippen LogP contribution >= 0.6 is 0 Å². The molecule has 0 saturated heterocycles. The van der Waals surface area contributed by atoms with Gasteiger partial charge in [0, 0.05) is 24.8 Å². The molecule has 0 fully saturated rings.